The first-order valence-corrected chi connectivity index (χ1v) is 5.55. The fourth-order valence-corrected chi connectivity index (χ4v) is 2.71. The van der Waals surface area contributed by atoms with Gasteiger partial charge in [-0.05, 0) is 26.5 Å². The van der Waals surface area contributed by atoms with Crippen molar-refractivity contribution in [3.8, 4) is 0 Å². The topological polar surface area (TPSA) is 3.24 Å². The molecule has 1 aliphatic heterocycles. The highest BCUT2D eigenvalue weighted by atomic mass is 15.2. The largest absolute Gasteiger partial charge is 0.296 e. The van der Waals surface area contributed by atoms with Crippen molar-refractivity contribution >= 4 is 0 Å². The second kappa shape index (κ2) is 3.82. The molecular weight excluding hydrogens is 182 g/mol. The minimum Gasteiger partial charge on any atom is -0.296 e. The van der Waals surface area contributed by atoms with Crippen LogP contribution in [0.25, 0.3) is 0 Å². The molecule has 0 radical (unpaired) electrons. The first kappa shape index (κ1) is 10.4. The van der Waals surface area contributed by atoms with Gasteiger partial charge in [-0.15, -0.1) is 0 Å². The average Bonchev–Trinajstić information content (AvgIpc) is 2.25. The average molecular weight is 201 g/mol. The maximum absolute atomic E-state index is 4.10. The highest BCUT2D eigenvalue weighted by Crippen LogP contribution is 2.41. The zero-order valence-electron chi connectivity index (χ0n) is 9.77. The third kappa shape index (κ3) is 1.61. The van der Waals surface area contributed by atoms with Crippen LogP contribution in [0, 0.1) is 0 Å². The molecule has 0 aromatic heterocycles. The summed E-state index contributed by atoms with van der Waals surface area (Å²) in [7, 11) is 2.18. The number of likely N-dealkylation sites (N-methyl/N-ethyl adjacent to an activating group) is 1. The van der Waals surface area contributed by atoms with E-state index in [1.807, 2.05) is 0 Å². The third-order valence-corrected chi connectivity index (χ3v) is 3.63. The summed E-state index contributed by atoms with van der Waals surface area (Å²) in [5.74, 6) is 0.619. The monoisotopic (exact) mass is 201 g/mol. The van der Waals surface area contributed by atoms with Gasteiger partial charge in [0.2, 0.25) is 0 Å². The summed E-state index contributed by atoms with van der Waals surface area (Å²) in [4.78, 5) is 2.40. The van der Waals surface area contributed by atoms with Gasteiger partial charge >= 0.3 is 0 Å². The Morgan fingerprint density at radius 3 is 2.40 bits per heavy atom. The minimum atomic E-state index is 0.516. The van der Waals surface area contributed by atoms with Crippen molar-refractivity contribution in [1.29, 1.82) is 0 Å². The van der Waals surface area contributed by atoms with Crippen LogP contribution in [-0.2, 0) is 0 Å². The van der Waals surface area contributed by atoms with Crippen LogP contribution in [0.1, 0.15) is 25.3 Å². The quantitative estimate of drug-likeness (QED) is 0.665. The Morgan fingerprint density at radius 2 is 1.87 bits per heavy atom. The van der Waals surface area contributed by atoms with Gasteiger partial charge in [-0.2, -0.15) is 0 Å². The number of likely N-dealkylation sites (tertiary alicyclic amines) is 1. The van der Waals surface area contributed by atoms with Gasteiger partial charge in [0, 0.05) is 18.0 Å². The number of hydrogen-bond acceptors (Lipinski definition) is 1. The zero-order valence-corrected chi connectivity index (χ0v) is 9.77. The highest BCUT2D eigenvalue weighted by Gasteiger charge is 2.44. The van der Waals surface area contributed by atoms with Gasteiger partial charge < -0.3 is 0 Å². The number of nitrogens with zero attached hydrogens (tertiary/aromatic N) is 1. The summed E-state index contributed by atoms with van der Waals surface area (Å²) in [5, 5.41) is 0. The van der Waals surface area contributed by atoms with Crippen LogP contribution in [0.15, 0.2) is 42.5 Å². The molecule has 1 fully saturated rings. The summed E-state index contributed by atoms with van der Waals surface area (Å²) in [5.41, 5.74) is 2.71. The van der Waals surface area contributed by atoms with Gasteiger partial charge in [-0.3, -0.25) is 4.90 Å². The van der Waals surface area contributed by atoms with Crippen molar-refractivity contribution in [1.82, 2.24) is 4.90 Å². The van der Waals surface area contributed by atoms with Gasteiger partial charge in [-0.1, -0.05) is 42.5 Å². The van der Waals surface area contributed by atoms with E-state index in [1.165, 1.54) is 11.1 Å². The normalized spacial score (nSPS) is 31.0. The molecule has 1 aromatic carbocycles. The van der Waals surface area contributed by atoms with Crippen molar-refractivity contribution in [2.75, 3.05) is 7.05 Å². The molecule has 1 heterocycles. The smallest absolute Gasteiger partial charge is 0.0385 e. The summed E-state index contributed by atoms with van der Waals surface area (Å²) in [6, 6.07) is 11.9. The Kier molecular flexibility index (Phi) is 2.66. The number of benzene rings is 1. The fraction of sp³-hybridized carbons (Fsp3) is 0.429. The molecule has 1 nitrogen and oxygen atoms in total. The van der Waals surface area contributed by atoms with Gasteiger partial charge in [0.05, 0.1) is 0 Å². The Bertz CT molecular complexity index is 355. The van der Waals surface area contributed by atoms with Crippen molar-refractivity contribution in [3.05, 3.63) is 48.0 Å². The van der Waals surface area contributed by atoms with E-state index in [0.29, 0.717) is 18.0 Å². The molecule has 1 aliphatic rings. The lowest BCUT2D eigenvalue weighted by molar-refractivity contribution is 0.0467. The third-order valence-electron chi connectivity index (χ3n) is 3.63. The van der Waals surface area contributed by atoms with E-state index in [2.05, 4.69) is 62.7 Å². The molecule has 3 atom stereocenters. The maximum atomic E-state index is 4.10. The first-order valence-electron chi connectivity index (χ1n) is 5.55. The summed E-state index contributed by atoms with van der Waals surface area (Å²) in [6.45, 7) is 8.51. The van der Waals surface area contributed by atoms with Crippen LogP contribution in [0.3, 0.4) is 0 Å². The van der Waals surface area contributed by atoms with Crippen LogP contribution in [-0.4, -0.2) is 24.0 Å². The molecule has 0 spiro atoms. The molecule has 2 rings (SSSR count). The summed E-state index contributed by atoms with van der Waals surface area (Å²) >= 11 is 0. The molecule has 0 amide bonds. The standard InChI is InChI=1S/C14H19N/c1-10(2)14-13(11(3)15(14)4)12-8-6-5-7-9-12/h5-9,11,13-14H,1H2,2-4H3/t11-,13+,14-/m0/s1. The molecule has 0 N–H and O–H groups in total. The molecule has 0 unspecified atom stereocenters. The van der Waals surface area contributed by atoms with E-state index in [0.717, 1.165) is 0 Å². The predicted molar refractivity (Wildman–Crippen MR) is 65.0 cm³/mol. The van der Waals surface area contributed by atoms with Crippen LogP contribution in [0.4, 0.5) is 0 Å². The number of hydrogen-bond donors (Lipinski definition) is 0. The van der Waals surface area contributed by atoms with E-state index in [1.54, 1.807) is 0 Å². The van der Waals surface area contributed by atoms with Crippen LogP contribution in [0.5, 0.6) is 0 Å². The van der Waals surface area contributed by atoms with Crippen LogP contribution in [0.2, 0.25) is 0 Å². The Hall–Kier alpha value is -1.08. The van der Waals surface area contributed by atoms with Crippen LogP contribution < -0.4 is 0 Å². The predicted octanol–water partition coefficient (Wildman–Crippen LogP) is 3.05. The van der Waals surface area contributed by atoms with E-state index >= 15 is 0 Å². The van der Waals surface area contributed by atoms with Crippen molar-refractivity contribution < 1.29 is 0 Å². The maximum Gasteiger partial charge on any atom is 0.0385 e. The lowest BCUT2D eigenvalue weighted by Crippen LogP contribution is -2.59. The van der Waals surface area contributed by atoms with Crippen LogP contribution >= 0.6 is 0 Å². The van der Waals surface area contributed by atoms with Gasteiger partial charge in [-0.25, -0.2) is 0 Å². The Balaban J connectivity index is 2.26. The molecule has 1 heteroatoms. The SMILES string of the molecule is C=C(C)[C@H]1[C@@H](c2ccccc2)[C@H](C)N1C. The lowest BCUT2D eigenvalue weighted by Gasteiger charge is -2.53. The second-order valence-corrected chi connectivity index (χ2v) is 4.63. The molecule has 0 saturated carbocycles. The Labute approximate surface area is 92.4 Å². The Morgan fingerprint density at radius 1 is 1.27 bits per heavy atom. The van der Waals surface area contributed by atoms with Gasteiger partial charge in [0.25, 0.3) is 0 Å². The van der Waals surface area contributed by atoms with E-state index < -0.39 is 0 Å². The van der Waals surface area contributed by atoms with E-state index in [4.69, 9.17) is 0 Å². The van der Waals surface area contributed by atoms with Crippen molar-refractivity contribution in [2.24, 2.45) is 0 Å². The summed E-state index contributed by atoms with van der Waals surface area (Å²) < 4.78 is 0. The minimum absolute atomic E-state index is 0.516. The van der Waals surface area contributed by atoms with Gasteiger partial charge in [0.1, 0.15) is 0 Å². The van der Waals surface area contributed by atoms with Gasteiger partial charge in [0.15, 0.2) is 0 Å². The van der Waals surface area contributed by atoms with Crippen molar-refractivity contribution in [3.63, 3.8) is 0 Å². The first-order chi connectivity index (χ1) is 7.13. The number of rotatable bonds is 2. The van der Waals surface area contributed by atoms with E-state index in [9.17, 15) is 0 Å². The molecular formula is C14H19N. The van der Waals surface area contributed by atoms with E-state index in [-0.39, 0.29) is 0 Å². The fourth-order valence-electron chi connectivity index (χ4n) is 2.71. The van der Waals surface area contributed by atoms with Crippen molar-refractivity contribution in [2.45, 2.75) is 31.8 Å². The molecule has 1 saturated heterocycles. The molecule has 15 heavy (non-hydrogen) atoms. The highest BCUT2D eigenvalue weighted by molar-refractivity contribution is 5.31. The summed E-state index contributed by atoms with van der Waals surface area (Å²) in [6.07, 6.45) is 0. The second-order valence-electron chi connectivity index (χ2n) is 4.63. The molecule has 80 valence electrons. The lowest BCUT2D eigenvalue weighted by atomic mass is 9.74. The molecule has 0 aliphatic carbocycles. The zero-order chi connectivity index (χ0) is 11.0. The molecule has 0 bridgehead atoms. The molecule has 1 aromatic rings.